The molecule has 0 aromatic heterocycles. The average Bonchev–Trinajstić information content (AvgIpc) is 2.83. The number of β-amino-alcohol motifs (C(OH)–C–C–N with tert-alkyl or cyclic N) is 2. The quantitative estimate of drug-likeness (QED) is 0.454. The van der Waals surface area contributed by atoms with Crippen molar-refractivity contribution in [2.75, 3.05) is 52.5 Å². The molecule has 1 fully saturated rings. The molecule has 1 saturated heterocycles. The normalized spacial score (nSPS) is 16.6. The van der Waals surface area contributed by atoms with E-state index in [-0.39, 0.29) is 24.8 Å². The number of piperazine rings is 1. The summed E-state index contributed by atoms with van der Waals surface area (Å²) in [6, 6.07) is 13.8. The van der Waals surface area contributed by atoms with Crippen LogP contribution in [0.1, 0.15) is 34.6 Å². The standard InChI is InChI=1S/C26H34N2O6/c1-19(29)21-3-7-25(8-4-21)33-17-23(31)15-27-11-13-28(14-12-27)16-24(32)18-34-26-9-5-22(6-10-26)20(2)30/h3-10,23-24,31-32H,11-18H2,1-2H3/t23-,24-/m0/s1. The zero-order chi connectivity index (χ0) is 24.5. The fourth-order valence-corrected chi connectivity index (χ4v) is 3.81. The van der Waals surface area contributed by atoms with Gasteiger partial charge in [-0.3, -0.25) is 19.4 Å². The molecule has 2 atom stereocenters. The summed E-state index contributed by atoms with van der Waals surface area (Å²) < 4.78 is 11.3. The summed E-state index contributed by atoms with van der Waals surface area (Å²) in [7, 11) is 0. The number of benzene rings is 2. The van der Waals surface area contributed by atoms with Crippen LogP contribution in [0.15, 0.2) is 48.5 Å². The summed E-state index contributed by atoms with van der Waals surface area (Å²) in [6.07, 6.45) is -1.24. The molecule has 184 valence electrons. The van der Waals surface area contributed by atoms with Crippen LogP contribution >= 0.6 is 0 Å². The van der Waals surface area contributed by atoms with Gasteiger partial charge in [0, 0.05) is 50.4 Å². The topological polar surface area (TPSA) is 99.5 Å². The van der Waals surface area contributed by atoms with Gasteiger partial charge in [0.05, 0.1) is 0 Å². The molecule has 1 heterocycles. The van der Waals surface area contributed by atoms with E-state index in [2.05, 4.69) is 9.80 Å². The second-order valence-corrected chi connectivity index (χ2v) is 8.69. The van der Waals surface area contributed by atoms with E-state index >= 15 is 0 Å². The van der Waals surface area contributed by atoms with Gasteiger partial charge in [0.25, 0.3) is 0 Å². The summed E-state index contributed by atoms with van der Waals surface area (Å²) in [6.45, 7) is 7.62. The molecule has 8 nitrogen and oxygen atoms in total. The molecule has 0 aliphatic carbocycles. The Bertz CT molecular complexity index is 846. The minimum atomic E-state index is -0.618. The lowest BCUT2D eigenvalue weighted by molar-refractivity contribution is 0.0240. The molecule has 8 heteroatoms. The van der Waals surface area contributed by atoms with E-state index in [1.807, 2.05) is 0 Å². The number of hydrogen-bond donors (Lipinski definition) is 2. The smallest absolute Gasteiger partial charge is 0.159 e. The third kappa shape index (κ3) is 8.22. The minimum absolute atomic E-state index is 0.00575. The summed E-state index contributed by atoms with van der Waals surface area (Å²) in [5.41, 5.74) is 1.26. The largest absolute Gasteiger partial charge is 0.491 e. The van der Waals surface area contributed by atoms with Gasteiger partial charge in [0.2, 0.25) is 0 Å². The lowest BCUT2D eigenvalue weighted by atomic mass is 10.1. The predicted molar refractivity (Wildman–Crippen MR) is 129 cm³/mol. The highest BCUT2D eigenvalue weighted by Gasteiger charge is 2.21. The molecule has 2 aromatic rings. The van der Waals surface area contributed by atoms with Crippen LogP contribution in [0.3, 0.4) is 0 Å². The van der Waals surface area contributed by atoms with Crippen molar-refractivity contribution in [3.8, 4) is 11.5 Å². The zero-order valence-electron chi connectivity index (χ0n) is 19.9. The van der Waals surface area contributed by atoms with E-state index in [1.165, 1.54) is 13.8 Å². The van der Waals surface area contributed by atoms with Gasteiger partial charge in [-0.05, 0) is 62.4 Å². The van der Waals surface area contributed by atoms with Crippen LogP contribution in [-0.2, 0) is 0 Å². The van der Waals surface area contributed by atoms with Crippen molar-refractivity contribution in [3.05, 3.63) is 59.7 Å². The molecule has 34 heavy (non-hydrogen) atoms. The highest BCUT2D eigenvalue weighted by Crippen LogP contribution is 2.14. The first-order chi connectivity index (χ1) is 16.3. The van der Waals surface area contributed by atoms with Crippen molar-refractivity contribution in [2.24, 2.45) is 0 Å². The van der Waals surface area contributed by atoms with Gasteiger partial charge in [0.15, 0.2) is 11.6 Å². The third-order valence-corrected chi connectivity index (χ3v) is 5.81. The van der Waals surface area contributed by atoms with Crippen LogP contribution in [0.5, 0.6) is 11.5 Å². The Kier molecular flexibility index (Phi) is 9.59. The van der Waals surface area contributed by atoms with Gasteiger partial charge in [-0.25, -0.2) is 0 Å². The van der Waals surface area contributed by atoms with E-state index in [4.69, 9.17) is 9.47 Å². The Morgan fingerprint density at radius 2 is 1.03 bits per heavy atom. The number of rotatable bonds is 12. The number of ketones is 2. The zero-order valence-corrected chi connectivity index (χ0v) is 19.9. The Morgan fingerprint density at radius 1 is 0.706 bits per heavy atom. The molecule has 0 unspecified atom stereocenters. The van der Waals surface area contributed by atoms with E-state index in [1.54, 1.807) is 48.5 Å². The first kappa shape index (κ1) is 25.8. The van der Waals surface area contributed by atoms with Gasteiger partial charge in [0.1, 0.15) is 36.9 Å². The Hall–Kier alpha value is -2.78. The number of aliphatic hydroxyl groups excluding tert-OH is 2. The fraction of sp³-hybridized carbons (Fsp3) is 0.462. The monoisotopic (exact) mass is 470 g/mol. The molecule has 0 saturated carbocycles. The van der Waals surface area contributed by atoms with Gasteiger partial charge in [-0.1, -0.05) is 0 Å². The van der Waals surface area contributed by atoms with Crippen LogP contribution in [0.2, 0.25) is 0 Å². The first-order valence-corrected chi connectivity index (χ1v) is 11.6. The maximum Gasteiger partial charge on any atom is 0.159 e. The average molecular weight is 471 g/mol. The molecular formula is C26H34N2O6. The Balaban J connectivity index is 1.31. The molecule has 2 aromatic carbocycles. The van der Waals surface area contributed by atoms with Crippen LogP contribution < -0.4 is 9.47 Å². The Morgan fingerprint density at radius 3 is 1.32 bits per heavy atom. The maximum absolute atomic E-state index is 11.3. The van der Waals surface area contributed by atoms with Crippen molar-refractivity contribution < 1.29 is 29.3 Å². The van der Waals surface area contributed by atoms with E-state index in [0.29, 0.717) is 35.7 Å². The molecule has 3 rings (SSSR count). The number of Topliss-reactive ketones (excluding diaryl/α,β-unsaturated/α-hetero) is 2. The molecule has 0 bridgehead atoms. The van der Waals surface area contributed by atoms with Crippen LogP contribution in [0.25, 0.3) is 0 Å². The summed E-state index contributed by atoms with van der Waals surface area (Å²) in [5, 5.41) is 20.7. The first-order valence-electron chi connectivity index (χ1n) is 11.6. The fourth-order valence-electron chi connectivity index (χ4n) is 3.81. The molecular weight excluding hydrogens is 436 g/mol. The molecule has 1 aliphatic heterocycles. The highest BCUT2D eigenvalue weighted by atomic mass is 16.5. The SMILES string of the molecule is CC(=O)c1ccc(OC[C@@H](O)CN2CCN(C[C@H](O)COc3ccc(C(C)=O)cc3)CC2)cc1. The van der Waals surface area contributed by atoms with Crippen LogP contribution in [-0.4, -0.2) is 96.3 Å². The van der Waals surface area contributed by atoms with Crippen LogP contribution in [0.4, 0.5) is 0 Å². The van der Waals surface area contributed by atoms with Crippen LogP contribution in [0, 0.1) is 0 Å². The molecule has 2 N–H and O–H groups in total. The van der Waals surface area contributed by atoms with Crippen molar-refractivity contribution >= 4 is 11.6 Å². The van der Waals surface area contributed by atoms with E-state index < -0.39 is 12.2 Å². The second kappa shape index (κ2) is 12.6. The minimum Gasteiger partial charge on any atom is -0.491 e. The summed E-state index contributed by atoms with van der Waals surface area (Å²) >= 11 is 0. The van der Waals surface area contributed by atoms with Crippen molar-refractivity contribution in [3.63, 3.8) is 0 Å². The summed E-state index contributed by atoms with van der Waals surface area (Å²) in [4.78, 5) is 27.0. The van der Waals surface area contributed by atoms with Crippen molar-refractivity contribution in [2.45, 2.75) is 26.1 Å². The van der Waals surface area contributed by atoms with Crippen molar-refractivity contribution in [1.29, 1.82) is 0 Å². The highest BCUT2D eigenvalue weighted by molar-refractivity contribution is 5.94. The number of carbonyl (C=O) groups is 2. The number of hydrogen-bond acceptors (Lipinski definition) is 8. The maximum atomic E-state index is 11.3. The van der Waals surface area contributed by atoms with Gasteiger partial charge < -0.3 is 19.7 Å². The number of ether oxygens (including phenoxy) is 2. The predicted octanol–water partition coefficient (Wildman–Crippen LogP) is 1.89. The van der Waals surface area contributed by atoms with Crippen molar-refractivity contribution in [1.82, 2.24) is 9.80 Å². The molecule has 0 amide bonds. The van der Waals surface area contributed by atoms with Gasteiger partial charge in [-0.15, -0.1) is 0 Å². The molecule has 1 aliphatic rings. The second-order valence-electron chi connectivity index (χ2n) is 8.69. The number of nitrogens with zero attached hydrogens (tertiary/aromatic N) is 2. The lowest BCUT2D eigenvalue weighted by Gasteiger charge is -2.36. The molecule has 0 radical (unpaired) electrons. The van der Waals surface area contributed by atoms with Gasteiger partial charge >= 0.3 is 0 Å². The Labute approximate surface area is 200 Å². The van der Waals surface area contributed by atoms with Gasteiger partial charge in [-0.2, -0.15) is 0 Å². The summed E-state index contributed by atoms with van der Waals surface area (Å²) in [5.74, 6) is 1.26. The van der Waals surface area contributed by atoms with E-state index in [9.17, 15) is 19.8 Å². The third-order valence-electron chi connectivity index (χ3n) is 5.81. The number of aliphatic hydroxyl groups is 2. The lowest BCUT2D eigenvalue weighted by Crippen LogP contribution is -2.51. The van der Waals surface area contributed by atoms with E-state index in [0.717, 1.165) is 26.2 Å². The molecule has 0 spiro atoms. The number of carbonyl (C=O) groups excluding carboxylic acids is 2.